The number of anilines is 1. The van der Waals surface area contributed by atoms with Gasteiger partial charge in [-0.15, -0.1) is 0 Å². The van der Waals surface area contributed by atoms with Gasteiger partial charge in [-0.1, -0.05) is 17.7 Å². The van der Waals surface area contributed by atoms with E-state index in [1.165, 1.54) is 6.20 Å². The lowest BCUT2D eigenvalue weighted by molar-refractivity contribution is -0.110. The third-order valence-corrected chi connectivity index (χ3v) is 3.12. The summed E-state index contributed by atoms with van der Waals surface area (Å²) in [5.41, 5.74) is 2.60. The van der Waals surface area contributed by atoms with Gasteiger partial charge < -0.3 is 5.32 Å². The van der Waals surface area contributed by atoms with Gasteiger partial charge in [0.05, 0.1) is 17.0 Å². The summed E-state index contributed by atoms with van der Waals surface area (Å²) >= 11 is 11.6. The summed E-state index contributed by atoms with van der Waals surface area (Å²) < 4.78 is 0. The first-order valence-electron chi connectivity index (χ1n) is 5.45. The Hall–Kier alpha value is -1.91. The highest BCUT2D eigenvalue weighted by atomic mass is 35.5. The number of amides is 1. The van der Waals surface area contributed by atoms with Crippen molar-refractivity contribution in [1.29, 1.82) is 0 Å². The van der Waals surface area contributed by atoms with Crippen molar-refractivity contribution in [2.24, 2.45) is 0 Å². The van der Waals surface area contributed by atoms with Gasteiger partial charge >= 0.3 is 0 Å². The van der Waals surface area contributed by atoms with E-state index in [2.05, 4.69) is 15.3 Å². The topological polar surface area (TPSA) is 54.9 Å². The molecule has 2 aromatic rings. The SMILES string of the molecule is O=C1Nc2cc(Cl)ccc2/C1=C\c1ccnc(Cl)n1. The van der Waals surface area contributed by atoms with Crippen LogP contribution in [0.25, 0.3) is 11.6 Å². The second-order valence-corrected chi connectivity index (χ2v) is 4.73. The average molecular weight is 292 g/mol. The Morgan fingerprint density at radius 3 is 2.84 bits per heavy atom. The smallest absolute Gasteiger partial charge is 0.256 e. The molecule has 1 aliphatic rings. The molecule has 0 aliphatic carbocycles. The highest BCUT2D eigenvalue weighted by Crippen LogP contribution is 2.34. The number of halogens is 2. The van der Waals surface area contributed by atoms with E-state index in [-0.39, 0.29) is 11.2 Å². The number of carbonyl (C=O) groups is 1. The first-order valence-corrected chi connectivity index (χ1v) is 6.20. The van der Waals surface area contributed by atoms with Crippen molar-refractivity contribution in [2.75, 3.05) is 5.32 Å². The first kappa shape index (κ1) is 12.1. The third-order valence-electron chi connectivity index (χ3n) is 2.70. The van der Waals surface area contributed by atoms with Gasteiger partial charge in [-0.3, -0.25) is 4.79 Å². The Morgan fingerprint density at radius 2 is 2.05 bits per heavy atom. The summed E-state index contributed by atoms with van der Waals surface area (Å²) in [4.78, 5) is 19.8. The standard InChI is InChI=1S/C13H7Cl2N3O/c14-7-1-2-9-10(12(19)18-11(9)5-7)6-8-3-4-16-13(15)17-8/h1-6H,(H,18,19)/b10-6+. The zero-order chi connectivity index (χ0) is 13.4. The van der Waals surface area contributed by atoms with Gasteiger partial charge in [-0.05, 0) is 35.9 Å². The molecule has 6 heteroatoms. The molecule has 1 aromatic carbocycles. The number of hydrogen-bond donors (Lipinski definition) is 1. The quantitative estimate of drug-likeness (QED) is 0.648. The molecule has 1 N–H and O–H groups in total. The molecule has 0 saturated heterocycles. The molecule has 0 unspecified atom stereocenters. The molecular weight excluding hydrogens is 285 g/mol. The largest absolute Gasteiger partial charge is 0.321 e. The van der Waals surface area contributed by atoms with Crippen molar-refractivity contribution in [3.05, 3.63) is 52.0 Å². The Bertz CT molecular complexity index is 713. The van der Waals surface area contributed by atoms with Crippen LogP contribution >= 0.6 is 23.2 Å². The second-order valence-electron chi connectivity index (χ2n) is 3.95. The van der Waals surface area contributed by atoms with Gasteiger partial charge in [-0.25, -0.2) is 9.97 Å². The Balaban J connectivity index is 2.09. The summed E-state index contributed by atoms with van der Waals surface area (Å²) in [5.74, 6) is -0.188. The van der Waals surface area contributed by atoms with Crippen LogP contribution in [0.5, 0.6) is 0 Å². The number of nitrogens with zero attached hydrogens (tertiary/aromatic N) is 2. The fourth-order valence-electron chi connectivity index (χ4n) is 1.89. The Morgan fingerprint density at radius 1 is 1.21 bits per heavy atom. The van der Waals surface area contributed by atoms with Crippen LogP contribution in [0.15, 0.2) is 30.5 Å². The lowest BCUT2D eigenvalue weighted by Gasteiger charge is -1.99. The molecule has 1 amide bonds. The normalized spacial score (nSPS) is 15.5. The minimum atomic E-state index is -0.188. The van der Waals surface area contributed by atoms with E-state index in [4.69, 9.17) is 23.2 Å². The molecule has 0 radical (unpaired) electrons. The van der Waals surface area contributed by atoms with Crippen molar-refractivity contribution in [3.8, 4) is 0 Å². The molecule has 0 spiro atoms. The maximum atomic E-state index is 11.9. The van der Waals surface area contributed by atoms with Gasteiger partial charge in [-0.2, -0.15) is 0 Å². The molecule has 94 valence electrons. The van der Waals surface area contributed by atoms with Gasteiger partial charge in [0.2, 0.25) is 5.28 Å². The number of carbonyl (C=O) groups excluding carboxylic acids is 1. The van der Waals surface area contributed by atoms with Crippen molar-refractivity contribution in [3.63, 3.8) is 0 Å². The van der Waals surface area contributed by atoms with Gasteiger partial charge in [0, 0.05) is 16.8 Å². The molecule has 0 bridgehead atoms. The lowest BCUT2D eigenvalue weighted by Crippen LogP contribution is -2.03. The van der Waals surface area contributed by atoms with Crippen LogP contribution in [0.2, 0.25) is 10.3 Å². The molecule has 19 heavy (non-hydrogen) atoms. The van der Waals surface area contributed by atoms with Crippen molar-refractivity contribution >= 4 is 46.4 Å². The van der Waals surface area contributed by atoms with E-state index in [9.17, 15) is 4.79 Å². The van der Waals surface area contributed by atoms with Crippen LogP contribution in [0.4, 0.5) is 5.69 Å². The van der Waals surface area contributed by atoms with E-state index in [0.29, 0.717) is 22.0 Å². The molecule has 2 heterocycles. The molecule has 0 fully saturated rings. The maximum Gasteiger partial charge on any atom is 0.256 e. The van der Waals surface area contributed by atoms with Crippen molar-refractivity contribution < 1.29 is 4.79 Å². The van der Waals surface area contributed by atoms with Crippen LogP contribution in [0, 0.1) is 0 Å². The molecule has 1 aliphatic heterocycles. The van der Waals surface area contributed by atoms with E-state index in [0.717, 1.165) is 5.56 Å². The Kier molecular flexibility index (Phi) is 2.97. The fourth-order valence-corrected chi connectivity index (χ4v) is 2.21. The molecule has 0 atom stereocenters. The summed E-state index contributed by atoms with van der Waals surface area (Å²) in [6.45, 7) is 0. The number of aromatic nitrogens is 2. The average Bonchev–Trinajstić information content (AvgIpc) is 2.65. The summed E-state index contributed by atoms with van der Waals surface area (Å²) in [5, 5.41) is 3.47. The first-order chi connectivity index (χ1) is 9.13. The van der Waals surface area contributed by atoms with E-state index < -0.39 is 0 Å². The summed E-state index contributed by atoms with van der Waals surface area (Å²) in [6.07, 6.45) is 3.21. The molecule has 1 aromatic heterocycles. The minimum Gasteiger partial charge on any atom is -0.321 e. The maximum absolute atomic E-state index is 11.9. The van der Waals surface area contributed by atoms with Crippen LogP contribution in [-0.2, 0) is 4.79 Å². The molecular formula is C13H7Cl2N3O. The highest BCUT2D eigenvalue weighted by Gasteiger charge is 2.24. The minimum absolute atomic E-state index is 0.143. The molecule has 4 nitrogen and oxygen atoms in total. The second kappa shape index (κ2) is 4.64. The number of fused-ring (bicyclic) bond motifs is 1. The van der Waals surface area contributed by atoms with Crippen LogP contribution in [-0.4, -0.2) is 15.9 Å². The number of rotatable bonds is 1. The summed E-state index contributed by atoms with van der Waals surface area (Å²) in [7, 11) is 0. The number of nitrogens with one attached hydrogen (secondary N) is 1. The predicted octanol–water partition coefficient (Wildman–Crippen LogP) is 3.28. The number of hydrogen-bond acceptors (Lipinski definition) is 3. The highest BCUT2D eigenvalue weighted by molar-refractivity contribution is 6.36. The predicted molar refractivity (Wildman–Crippen MR) is 75.0 cm³/mol. The van der Waals surface area contributed by atoms with Gasteiger partial charge in [0.15, 0.2) is 0 Å². The molecule has 3 rings (SSSR count). The van der Waals surface area contributed by atoms with Gasteiger partial charge in [0.1, 0.15) is 0 Å². The zero-order valence-electron chi connectivity index (χ0n) is 9.52. The van der Waals surface area contributed by atoms with E-state index in [1.54, 1.807) is 30.3 Å². The van der Waals surface area contributed by atoms with Crippen LogP contribution in [0.3, 0.4) is 0 Å². The van der Waals surface area contributed by atoms with Gasteiger partial charge in [0.25, 0.3) is 5.91 Å². The van der Waals surface area contributed by atoms with Crippen molar-refractivity contribution in [1.82, 2.24) is 9.97 Å². The molecule has 0 saturated carbocycles. The zero-order valence-corrected chi connectivity index (χ0v) is 11.0. The van der Waals surface area contributed by atoms with E-state index >= 15 is 0 Å². The monoisotopic (exact) mass is 291 g/mol. The number of benzene rings is 1. The summed E-state index contributed by atoms with van der Waals surface area (Å²) in [6, 6.07) is 6.92. The lowest BCUT2D eigenvalue weighted by atomic mass is 10.1. The van der Waals surface area contributed by atoms with Crippen molar-refractivity contribution in [2.45, 2.75) is 0 Å². The fraction of sp³-hybridized carbons (Fsp3) is 0. The van der Waals surface area contributed by atoms with E-state index in [1.807, 2.05) is 0 Å². The third kappa shape index (κ3) is 2.32. The van der Waals surface area contributed by atoms with Crippen LogP contribution < -0.4 is 5.32 Å². The Labute approximate surface area is 119 Å². The van der Waals surface area contributed by atoms with Crippen LogP contribution in [0.1, 0.15) is 11.3 Å².